The van der Waals surface area contributed by atoms with Crippen LogP contribution in [0.1, 0.15) is 10.4 Å². The van der Waals surface area contributed by atoms with Crippen molar-refractivity contribution in [2.45, 2.75) is 5.16 Å². The highest BCUT2D eigenvalue weighted by atomic mass is 35.5. The Labute approximate surface area is 129 Å². The number of nitrogens with two attached hydrogens (primary N) is 2. The summed E-state index contributed by atoms with van der Waals surface area (Å²) in [6.45, 7) is 0. The van der Waals surface area contributed by atoms with Gasteiger partial charge >= 0.3 is 0 Å². The highest BCUT2D eigenvalue weighted by molar-refractivity contribution is 7.99. The first-order valence-corrected chi connectivity index (χ1v) is 7.21. The van der Waals surface area contributed by atoms with Gasteiger partial charge in [0.2, 0.25) is 0 Å². The lowest BCUT2D eigenvalue weighted by atomic mass is 10.1. The number of carbonyl (C=O) groups is 1. The van der Waals surface area contributed by atoms with Gasteiger partial charge in [-0.2, -0.15) is 0 Å². The third-order valence-corrected chi connectivity index (χ3v) is 3.91. The van der Waals surface area contributed by atoms with E-state index in [9.17, 15) is 4.79 Å². The Hall–Kier alpha value is -1.50. The number of anilines is 2. The number of hydrogen-bond donors (Lipinski definition) is 2. The Balaban J connectivity index is 2.06. The minimum absolute atomic E-state index is 0.113. The van der Waals surface area contributed by atoms with Gasteiger partial charge in [-0.05, 0) is 18.2 Å². The standard InChI is InChI=1S/C12H10Cl2N4OS/c13-7-2-1-6(3-8(7)14)9(19)5-20-12-17-10(15)4-11(16)18-12/h1-4H,5H2,(H4,15,16,17,18). The molecule has 0 unspecified atom stereocenters. The second kappa shape index (κ2) is 6.30. The second-order valence-electron chi connectivity index (χ2n) is 3.84. The normalized spacial score (nSPS) is 10.5. The van der Waals surface area contributed by atoms with Crippen LogP contribution in [0.2, 0.25) is 10.0 Å². The van der Waals surface area contributed by atoms with Gasteiger partial charge in [0.25, 0.3) is 0 Å². The van der Waals surface area contributed by atoms with E-state index in [1.54, 1.807) is 12.1 Å². The summed E-state index contributed by atoms with van der Waals surface area (Å²) in [5, 5.41) is 1.10. The van der Waals surface area contributed by atoms with Crippen molar-refractivity contribution < 1.29 is 4.79 Å². The fourth-order valence-corrected chi connectivity index (χ4v) is 2.47. The van der Waals surface area contributed by atoms with E-state index in [1.165, 1.54) is 12.1 Å². The summed E-state index contributed by atoms with van der Waals surface area (Å²) in [7, 11) is 0. The maximum atomic E-state index is 12.0. The molecular formula is C12H10Cl2N4OS. The van der Waals surface area contributed by atoms with Crippen LogP contribution in [0.4, 0.5) is 11.6 Å². The van der Waals surface area contributed by atoms with Crippen molar-refractivity contribution in [3.05, 3.63) is 39.9 Å². The summed E-state index contributed by atoms with van der Waals surface area (Å²) in [5.41, 5.74) is 11.6. The number of hydrogen-bond acceptors (Lipinski definition) is 6. The first kappa shape index (κ1) is 14.9. The van der Waals surface area contributed by atoms with Crippen molar-refractivity contribution in [2.75, 3.05) is 17.2 Å². The van der Waals surface area contributed by atoms with Gasteiger partial charge in [-0.15, -0.1) is 0 Å². The zero-order valence-electron chi connectivity index (χ0n) is 10.1. The number of thioether (sulfide) groups is 1. The maximum absolute atomic E-state index is 12.0. The Kier molecular flexibility index (Phi) is 4.69. The molecule has 0 saturated heterocycles. The number of ketones is 1. The van der Waals surface area contributed by atoms with Gasteiger partial charge in [0.1, 0.15) is 11.6 Å². The lowest BCUT2D eigenvalue weighted by molar-refractivity contribution is 0.102. The van der Waals surface area contributed by atoms with Crippen molar-refractivity contribution in [3.63, 3.8) is 0 Å². The van der Waals surface area contributed by atoms with Crippen LogP contribution in [0.25, 0.3) is 0 Å². The van der Waals surface area contributed by atoms with Crippen LogP contribution >= 0.6 is 35.0 Å². The number of Topliss-reactive ketones (excluding diaryl/α,β-unsaturated/α-hetero) is 1. The predicted octanol–water partition coefficient (Wildman–Crippen LogP) is 2.92. The number of nitrogen functional groups attached to an aromatic ring is 2. The number of halogens is 2. The van der Waals surface area contributed by atoms with Crippen LogP contribution in [-0.4, -0.2) is 21.5 Å². The first-order valence-electron chi connectivity index (χ1n) is 5.47. The molecule has 1 aromatic carbocycles. The van der Waals surface area contributed by atoms with Crippen LogP contribution in [0.15, 0.2) is 29.4 Å². The van der Waals surface area contributed by atoms with Gasteiger partial charge < -0.3 is 11.5 Å². The molecule has 8 heteroatoms. The summed E-state index contributed by atoms with van der Waals surface area (Å²) in [6, 6.07) is 6.18. The van der Waals surface area contributed by atoms with Crippen LogP contribution < -0.4 is 11.5 Å². The third-order valence-electron chi connectivity index (χ3n) is 2.32. The van der Waals surface area contributed by atoms with Crippen molar-refractivity contribution in [3.8, 4) is 0 Å². The van der Waals surface area contributed by atoms with Gasteiger partial charge in [-0.3, -0.25) is 4.79 Å². The average Bonchev–Trinajstić information content (AvgIpc) is 2.38. The van der Waals surface area contributed by atoms with Crippen molar-refractivity contribution in [1.29, 1.82) is 0 Å². The molecule has 0 aliphatic heterocycles. The maximum Gasteiger partial charge on any atom is 0.191 e. The highest BCUT2D eigenvalue weighted by Crippen LogP contribution is 2.24. The zero-order valence-corrected chi connectivity index (χ0v) is 12.5. The van der Waals surface area contributed by atoms with Crippen molar-refractivity contribution >= 4 is 52.4 Å². The quantitative estimate of drug-likeness (QED) is 0.509. The highest BCUT2D eigenvalue weighted by Gasteiger charge is 2.10. The lowest BCUT2D eigenvalue weighted by Gasteiger charge is -2.04. The van der Waals surface area contributed by atoms with E-state index < -0.39 is 0 Å². The van der Waals surface area contributed by atoms with Crippen LogP contribution in [0.5, 0.6) is 0 Å². The van der Waals surface area contributed by atoms with E-state index in [4.69, 9.17) is 34.7 Å². The molecule has 4 N–H and O–H groups in total. The number of benzene rings is 1. The van der Waals surface area contributed by atoms with E-state index >= 15 is 0 Å². The molecule has 0 fully saturated rings. The molecule has 0 amide bonds. The van der Waals surface area contributed by atoms with E-state index in [0.717, 1.165) is 11.8 Å². The summed E-state index contributed by atoms with van der Waals surface area (Å²) in [6.07, 6.45) is 0. The van der Waals surface area contributed by atoms with Gasteiger partial charge in [0.05, 0.1) is 15.8 Å². The molecule has 0 aliphatic carbocycles. The molecule has 0 radical (unpaired) electrons. The van der Waals surface area contributed by atoms with Crippen LogP contribution in [0.3, 0.4) is 0 Å². The Morgan fingerprint density at radius 2 is 1.75 bits per heavy atom. The molecule has 1 aromatic heterocycles. The SMILES string of the molecule is Nc1cc(N)nc(SCC(=O)c2ccc(Cl)c(Cl)c2)n1. The molecule has 0 saturated carbocycles. The largest absolute Gasteiger partial charge is 0.383 e. The molecule has 2 aromatic rings. The molecule has 5 nitrogen and oxygen atoms in total. The van der Waals surface area contributed by atoms with Gasteiger partial charge in [0, 0.05) is 11.6 Å². The first-order chi connectivity index (χ1) is 9.45. The molecule has 1 heterocycles. The Morgan fingerprint density at radius 3 is 2.35 bits per heavy atom. The van der Waals surface area contributed by atoms with E-state index in [2.05, 4.69) is 9.97 Å². The number of aromatic nitrogens is 2. The third kappa shape index (κ3) is 3.75. The predicted molar refractivity (Wildman–Crippen MR) is 82.4 cm³/mol. The fourth-order valence-electron chi connectivity index (χ4n) is 1.41. The molecule has 0 atom stereocenters. The number of rotatable bonds is 4. The molecule has 0 bridgehead atoms. The summed E-state index contributed by atoms with van der Waals surface area (Å²) >= 11 is 12.8. The van der Waals surface area contributed by atoms with Gasteiger partial charge in [-0.25, -0.2) is 9.97 Å². The van der Waals surface area contributed by atoms with Crippen molar-refractivity contribution in [2.24, 2.45) is 0 Å². The second-order valence-corrected chi connectivity index (χ2v) is 5.60. The molecule has 0 spiro atoms. The minimum Gasteiger partial charge on any atom is -0.383 e. The molecular weight excluding hydrogens is 319 g/mol. The summed E-state index contributed by atoms with van der Waals surface area (Å²) in [5.74, 6) is 0.572. The number of nitrogens with zero attached hydrogens (tertiary/aromatic N) is 2. The fraction of sp³-hybridized carbons (Fsp3) is 0.0833. The summed E-state index contributed by atoms with van der Waals surface area (Å²) < 4.78 is 0. The molecule has 104 valence electrons. The Bertz CT molecular complexity index is 646. The molecule has 0 aliphatic rings. The van der Waals surface area contributed by atoms with E-state index in [-0.39, 0.29) is 23.2 Å². The van der Waals surface area contributed by atoms with E-state index in [1.807, 2.05) is 0 Å². The van der Waals surface area contributed by atoms with Gasteiger partial charge in [-0.1, -0.05) is 35.0 Å². The van der Waals surface area contributed by atoms with Crippen LogP contribution in [-0.2, 0) is 0 Å². The average molecular weight is 329 g/mol. The van der Waals surface area contributed by atoms with Gasteiger partial charge in [0.15, 0.2) is 10.9 Å². The van der Waals surface area contributed by atoms with E-state index in [0.29, 0.717) is 20.8 Å². The molecule has 2 rings (SSSR count). The zero-order chi connectivity index (χ0) is 14.7. The van der Waals surface area contributed by atoms with Crippen LogP contribution in [0, 0.1) is 0 Å². The number of carbonyl (C=O) groups excluding carboxylic acids is 1. The van der Waals surface area contributed by atoms with Crippen molar-refractivity contribution in [1.82, 2.24) is 9.97 Å². The Morgan fingerprint density at radius 1 is 1.10 bits per heavy atom. The summed E-state index contributed by atoms with van der Waals surface area (Å²) in [4.78, 5) is 20.0. The molecule has 20 heavy (non-hydrogen) atoms. The smallest absolute Gasteiger partial charge is 0.191 e. The lowest BCUT2D eigenvalue weighted by Crippen LogP contribution is -2.05. The monoisotopic (exact) mass is 328 g/mol. The topological polar surface area (TPSA) is 94.9 Å². The minimum atomic E-state index is -0.113.